The molecule has 1 unspecified atom stereocenters. The summed E-state index contributed by atoms with van der Waals surface area (Å²) in [7, 11) is 1.81. The van der Waals surface area contributed by atoms with Gasteiger partial charge >= 0.3 is 0 Å². The number of rotatable bonds is 4. The molecule has 3 rings (SSSR count). The number of pyridine rings is 1. The molecule has 0 aliphatic carbocycles. The summed E-state index contributed by atoms with van der Waals surface area (Å²) in [4.78, 5) is 26.4. The Morgan fingerprint density at radius 3 is 2.46 bits per heavy atom. The molecule has 0 saturated heterocycles. The molecular formula is C20H20N2O2. The number of para-hydroxylation sites is 1. The standard InChI is InChI=1S/C20H20N2O2/c1-15(16-8-4-3-5-9-16)21(2)20(24)14-22-13-12-19(23)17-10-6-7-11-18(17)22/h3-13,15H,14H2,1-2H3. The number of hydrogen-bond acceptors (Lipinski definition) is 2. The first kappa shape index (κ1) is 16.0. The molecule has 0 saturated carbocycles. The van der Waals surface area contributed by atoms with E-state index in [-0.39, 0.29) is 23.9 Å². The minimum atomic E-state index is -0.0275. The molecule has 0 fully saturated rings. The minimum absolute atomic E-state index is 0.000144. The highest BCUT2D eigenvalue weighted by Gasteiger charge is 2.17. The van der Waals surface area contributed by atoms with Gasteiger partial charge in [0.05, 0.1) is 11.6 Å². The van der Waals surface area contributed by atoms with Crippen molar-refractivity contribution >= 4 is 16.8 Å². The lowest BCUT2D eigenvalue weighted by Crippen LogP contribution is -2.32. The van der Waals surface area contributed by atoms with E-state index in [1.165, 1.54) is 6.07 Å². The zero-order valence-electron chi connectivity index (χ0n) is 13.8. The molecule has 0 N–H and O–H groups in total. The predicted molar refractivity (Wildman–Crippen MR) is 95.8 cm³/mol. The summed E-state index contributed by atoms with van der Waals surface area (Å²) < 4.78 is 1.83. The molecule has 0 aliphatic rings. The first-order valence-electron chi connectivity index (χ1n) is 7.96. The second kappa shape index (κ2) is 6.71. The van der Waals surface area contributed by atoms with Gasteiger partial charge in [0.1, 0.15) is 6.54 Å². The fraction of sp³-hybridized carbons (Fsp3) is 0.200. The minimum Gasteiger partial charge on any atom is -0.338 e. The summed E-state index contributed by atoms with van der Waals surface area (Å²) >= 11 is 0. The Morgan fingerprint density at radius 2 is 1.71 bits per heavy atom. The molecule has 1 atom stereocenters. The third kappa shape index (κ3) is 3.08. The summed E-state index contributed by atoms with van der Waals surface area (Å²) in [5.74, 6) is 0.000144. The number of fused-ring (bicyclic) bond motifs is 1. The number of hydrogen-bond donors (Lipinski definition) is 0. The van der Waals surface area contributed by atoms with Gasteiger partial charge in [0, 0.05) is 24.7 Å². The van der Waals surface area contributed by atoms with Crippen LogP contribution < -0.4 is 5.43 Å². The van der Waals surface area contributed by atoms with Crippen LogP contribution in [0.2, 0.25) is 0 Å². The number of aromatic nitrogens is 1. The van der Waals surface area contributed by atoms with Crippen LogP contribution in [0.1, 0.15) is 18.5 Å². The normalized spacial score (nSPS) is 12.1. The molecule has 0 spiro atoms. The second-order valence-electron chi connectivity index (χ2n) is 5.92. The lowest BCUT2D eigenvalue weighted by molar-refractivity contribution is -0.132. The first-order chi connectivity index (χ1) is 11.6. The van der Waals surface area contributed by atoms with Crippen molar-refractivity contribution in [3.05, 3.63) is 82.6 Å². The highest BCUT2D eigenvalue weighted by Crippen LogP contribution is 2.19. The van der Waals surface area contributed by atoms with Crippen molar-refractivity contribution in [2.75, 3.05) is 7.05 Å². The summed E-state index contributed by atoms with van der Waals surface area (Å²) in [6, 6.07) is 18.8. The number of nitrogens with zero attached hydrogens (tertiary/aromatic N) is 2. The van der Waals surface area contributed by atoms with Gasteiger partial charge in [-0.3, -0.25) is 9.59 Å². The maximum Gasteiger partial charge on any atom is 0.242 e. The number of amides is 1. The maximum absolute atomic E-state index is 12.7. The van der Waals surface area contributed by atoms with Gasteiger partial charge < -0.3 is 9.47 Å². The van der Waals surface area contributed by atoms with Gasteiger partial charge in [-0.05, 0) is 24.6 Å². The van der Waals surface area contributed by atoms with Crippen LogP contribution in [0, 0.1) is 0 Å². The Hall–Kier alpha value is -2.88. The predicted octanol–water partition coefficient (Wildman–Crippen LogP) is 3.22. The highest BCUT2D eigenvalue weighted by molar-refractivity contribution is 5.82. The van der Waals surface area contributed by atoms with E-state index < -0.39 is 0 Å². The van der Waals surface area contributed by atoms with Crippen LogP contribution in [0.5, 0.6) is 0 Å². The van der Waals surface area contributed by atoms with Crippen LogP contribution in [0.25, 0.3) is 10.9 Å². The number of benzene rings is 2. The van der Waals surface area contributed by atoms with Crippen molar-refractivity contribution < 1.29 is 4.79 Å². The van der Waals surface area contributed by atoms with Gasteiger partial charge in [0.25, 0.3) is 0 Å². The number of carbonyl (C=O) groups is 1. The molecule has 0 aliphatic heterocycles. The van der Waals surface area contributed by atoms with E-state index in [1.54, 1.807) is 17.2 Å². The van der Waals surface area contributed by atoms with E-state index >= 15 is 0 Å². The van der Waals surface area contributed by atoms with E-state index in [1.807, 2.05) is 67.1 Å². The van der Waals surface area contributed by atoms with Gasteiger partial charge in [-0.15, -0.1) is 0 Å². The third-order valence-corrected chi connectivity index (χ3v) is 4.45. The molecule has 0 radical (unpaired) electrons. The smallest absolute Gasteiger partial charge is 0.242 e. The Labute approximate surface area is 141 Å². The maximum atomic E-state index is 12.7. The van der Waals surface area contributed by atoms with Crippen LogP contribution in [0.3, 0.4) is 0 Å². The van der Waals surface area contributed by atoms with Crippen LogP contribution in [0.15, 0.2) is 71.7 Å². The Kier molecular flexibility index (Phi) is 4.47. The van der Waals surface area contributed by atoms with E-state index in [0.717, 1.165) is 11.1 Å². The van der Waals surface area contributed by atoms with Gasteiger partial charge in [-0.25, -0.2) is 0 Å². The third-order valence-electron chi connectivity index (χ3n) is 4.45. The summed E-state index contributed by atoms with van der Waals surface area (Å²) in [5, 5.41) is 0.631. The molecule has 1 heterocycles. The molecule has 2 aromatic carbocycles. The Balaban J connectivity index is 1.85. The average molecular weight is 320 g/mol. The van der Waals surface area contributed by atoms with Crippen molar-refractivity contribution in [3.63, 3.8) is 0 Å². The fourth-order valence-electron chi connectivity index (χ4n) is 2.83. The molecular weight excluding hydrogens is 300 g/mol. The van der Waals surface area contributed by atoms with E-state index in [0.29, 0.717) is 5.39 Å². The molecule has 1 amide bonds. The number of carbonyl (C=O) groups excluding carboxylic acids is 1. The van der Waals surface area contributed by atoms with Gasteiger partial charge in [0.15, 0.2) is 5.43 Å². The molecule has 0 bridgehead atoms. The van der Waals surface area contributed by atoms with Gasteiger partial charge in [-0.2, -0.15) is 0 Å². The topological polar surface area (TPSA) is 42.3 Å². The zero-order valence-corrected chi connectivity index (χ0v) is 13.8. The molecule has 4 heteroatoms. The first-order valence-corrected chi connectivity index (χ1v) is 7.96. The van der Waals surface area contributed by atoms with Crippen molar-refractivity contribution in [1.82, 2.24) is 9.47 Å². The number of likely N-dealkylation sites (N-methyl/N-ethyl adjacent to an activating group) is 1. The second-order valence-corrected chi connectivity index (χ2v) is 5.92. The van der Waals surface area contributed by atoms with E-state index in [4.69, 9.17) is 0 Å². The molecule has 1 aromatic heterocycles. The average Bonchev–Trinajstić information content (AvgIpc) is 2.63. The van der Waals surface area contributed by atoms with Crippen molar-refractivity contribution in [2.24, 2.45) is 0 Å². The molecule has 3 aromatic rings. The lowest BCUT2D eigenvalue weighted by Gasteiger charge is -2.26. The van der Waals surface area contributed by atoms with Crippen LogP contribution in [-0.4, -0.2) is 22.4 Å². The van der Waals surface area contributed by atoms with Crippen LogP contribution in [0.4, 0.5) is 0 Å². The summed E-state index contributed by atoms with van der Waals surface area (Å²) in [6.45, 7) is 2.21. The molecule has 122 valence electrons. The highest BCUT2D eigenvalue weighted by atomic mass is 16.2. The largest absolute Gasteiger partial charge is 0.338 e. The van der Waals surface area contributed by atoms with Gasteiger partial charge in [-0.1, -0.05) is 42.5 Å². The molecule has 24 heavy (non-hydrogen) atoms. The van der Waals surface area contributed by atoms with Crippen molar-refractivity contribution in [1.29, 1.82) is 0 Å². The van der Waals surface area contributed by atoms with E-state index in [2.05, 4.69) is 0 Å². The Morgan fingerprint density at radius 1 is 1.04 bits per heavy atom. The van der Waals surface area contributed by atoms with E-state index in [9.17, 15) is 9.59 Å². The van der Waals surface area contributed by atoms with Crippen molar-refractivity contribution in [3.8, 4) is 0 Å². The molecule has 4 nitrogen and oxygen atoms in total. The fourth-order valence-corrected chi connectivity index (χ4v) is 2.83. The van der Waals surface area contributed by atoms with Crippen LogP contribution >= 0.6 is 0 Å². The monoisotopic (exact) mass is 320 g/mol. The van der Waals surface area contributed by atoms with Crippen LogP contribution in [-0.2, 0) is 11.3 Å². The van der Waals surface area contributed by atoms with Gasteiger partial charge in [0.2, 0.25) is 5.91 Å². The zero-order chi connectivity index (χ0) is 17.1. The SMILES string of the molecule is CC(c1ccccc1)N(C)C(=O)Cn1ccc(=O)c2ccccc21. The summed E-state index contributed by atoms with van der Waals surface area (Å²) in [6.07, 6.45) is 1.68. The lowest BCUT2D eigenvalue weighted by atomic mass is 10.1. The summed E-state index contributed by atoms with van der Waals surface area (Å²) in [5.41, 5.74) is 1.84. The Bertz CT molecular complexity index is 916. The van der Waals surface area contributed by atoms with Crippen molar-refractivity contribution in [2.45, 2.75) is 19.5 Å². The quantitative estimate of drug-likeness (QED) is 0.741.